The summed E-state index contributed by atoms with van der Waals surface area (Å²) >= 11 is 1.63. The molecular weight excluding hydrogens is 402 g/mol. The number of thiophene rings is 1. The molecular formula is C22H25N3O2S2. The summed E-state index contributed by atoms with van der Waals surface area (Å²) in [6, 6.07) is 19.4. The van der Waals surface area contributed by atoms with Gasteiger partial charge in [0.2, 0.25) is 0 Å². The van der Waals surface area contributed by atoms with Crippen molar-refractivity contribution >= 4 is 32.7 Å². The fourth-order valence-electron chi connectivity index (χ4n) is 3.76. The lowest BCUT2D eigenvalue weighted by atomic mass is 10.1. The highest BCUT2D eigenvalue weighted by Gasteiger charge is 2.22. The Morgan fingerprint density at radius 3 is 2.38 bits per heavy atom. The molecule has 3 aromatic rings. The predicted molar refractivity (Wildman–Crippen MR) is 121 cm³/mol. The first-order valence-electron chi connectivity index (χ1n) is 9.68. The topological polar surface area (TPSA) is 61.4 Å². The van der Waals surface area contributed by atoms with Gasteiger partial charge in [-0.25, -0.2) is 8.42 Å². The molecule has 0 amide bonds. The van der Waals surface area contributed by atoms with Crippen LogP contribution in [0, 0.1) is 0 Å². The molecule has 2 heterocycles. The Balaban J connectivity index is 1.52. The van der Waals surface area contributed by atoms with Crippen molar-refractivity contribution in [3.63, 3.8) is 0 Å². The normalized spacial score (nSPS) is 19.9. The number of sulfonamides is 1. The van der Waals surface area contributed by atoms with E-state index < -0.39 is 10.0 Å². The number of benzene rings is 2. The molecule has 1 fully saturated rings. The number of rotatable bonds is 5. The molecule has 2 atom stereocenters. The fourth-order valence-corrected chi connectivity index (χ4v) is 5.54. The molecule has 0 radical (unpaired) electrons. The van der Waals surface area contributed by atoms with Crippen molar-refractivity contribution in [1.82, 2.24) is 5.32 Å². The van der Waals surface area contributed by atoms with Gasteiger partial charge in [-0.15, -0.1) is 11.3 Å². The predicted octanol–water partition coefficient (Wildman–Crippen LogP) is 4.40. The van der Waals surface area contributed by atoms with Crippen LogP contribution >= 0.6 is 11.3 Å². The zero-order valence-electron chi connectivity index (χ0n) is 16.5. The van der Waals surface area contributed by atoms with Crippen molar-refractivity contribution in [2.75, 3.05) is 22.7 Å². The van der Waals surface area contributed by atoms with Crippen LogP contribution in [0.2, 0.25) is 0 Å². The minimum atomic E-state index is -3.65. The molecule has 2 N–H and O–H groups in total. The lowest BCUT2D eigenvalue weighted by molar-refractivity contribution is 0.407. The number of hydrogen-bond acceptors (Lipinski definition) is 5. The van der Waals surface area contributed by atoms with Crippen LogP contribution < -0.4 is 14.9 Å². The molecule has 0 spiro atoms. The van der Waals surface area contributed by atoms with Gasteiger partial charge in [-0.1, -0.05) is 24.3 Å². The molecule has 0 aliphatic carbocycles. The quantitative estimate of drug-likeness (QED) is 0.633. The third-order valence-electron chi connectivity index (χ3n) is 4.99. The average molecular weight is 428 g/mol. The van der Waals surface area contributed by atoms with Crippen LogP contribution in [0.1, 0.15) is 13.8 Å². The Morgan fingerprint density at radius 2 is 1.72 bits per heavy atom. The Kier molecular flexibility index (Phi) is 5.63. The van der Waals surface area contributed by atoms with Crippen LogP contribution in [0.3, 0.4) is 0 Å². The van der Waals surface area contributed by atoms with E-state index in [0.29, 0.717) is 17.8 Å². The van der Waals surface area contributed by atoms with Gasteiger partial charge in [-0.2, -0.15) is 0 Å². The van der Waals surface area contributed by atoms with Crippen LogP contribution in [0.25, 0.3) is 10.4 Å². The summed E-state index contributed by atoms with van der Waals surface area (Å²) in [4.78, 5) is 3.67. The Bertz CT molecular complexity index is 1050. The number of nitrogens with one attached hydrogen (secondary N) is 2. The molecule has 0 saturated carbocycles. The highest BCUT2D eigenvalue weighted by molar-refractivity contribution is 7.92. The average Bonchev–Trinajstić information content (AvgIpc) is 3.22. The highest BCUT2D eigenvalue weighted by Crippen LogP contribution is 2.27. The summed E-state index contributed by atoms with van der Waals surface area (Å²) in [5.74, 6) is 0. The van der Waals surface area contributed by atoms with E-state index in [4.69, 9.17) is 0 Å². The summed E-state index contributed by atoms with van der Waals surface area (Å²) in [6.45, 7) is 6.11. The molecule has 2 aromatic carbocycles. The molecule has 1 aliphatic rings. The zero-order valence-corrected chi connectivity index (χ0v) is 18.1. The minimum absolute atomic E-state index is 0.257. The van der Waals surface area contributed by atoms with Gasteiger partial charge in [0.15, 0.2) is 0 Å². The Labute approximate surface area is 176 Å². The van der Waals surface area contributed by atoms with E-state index in [-0.39, 0.29) is 4.90 Å². The number of anilines is 2. The Hall–Kier alpha value is -2.35. The van der Waals surface area contributed by atoms with Gasteiger partial charge < -0.3 is 10.2 Å². The third kappa shape index (κ3) is 4.63. The Morgan fingerprint density at radius 1 is 1.00 bits per heavy atom. The molecule has 0 bridgehead atoms. The van der Waals surface area contributed by atoms with Gasteiger partial charge in [0.05, 0.1) is 10.6 Å². The largest absolute Gasteiger partial charge is 0.368 e. The lowest BCUT2D eigenvalue weighted by Gasteiger charge is -2.37. The van der Waals surface area contributed by atoms with Crippen molar-refractivity contribution < 1.29 is 8.42 Å². The van der Waals surface area contributed by atoms with Gasteiger partial charge in [-0.05, 0) is 61.2 Å². The van der Waals surface area contributed by atoms with Crippen LogP contribution in [0.5, 0.6) is 0 Å². The standard InChI is InChI=1S/C22H25N3O2S2/c1-16-14-25(15-17(2)23-16)20-6-3-5-19(13-20)24-29(26,27)21-10-8-18(9-11-21)22-7-4-12-28-22/h3-13,16-17,23-24H,14-15H2,1-2H3. The first-order valence-corrected chi connectivity index (χ1v) is 12.0. The van der Waals surface area contributed by atoms with Crippen molar-refractivity contribution in [2.24, 2.45) is 0 Å². The van der Waals surface area contributed by atoms with Crippen molar-refractivity contribution in [3.05, 3.63) is 66.0 Å². The molecule has 1 saturated heterocycles. The summed E-state index contributed by atoms with van der Waals surface area (Å²) in [6.07, 6.45) is 0. The van der Waals surface area contributed by atoms with Crippen molar-refractivity contribution in [1.29, 1.82) is 0 Å². The summed E-state index contributed by atoms with van der Waals surface area (Å²) < 4.78 is 28.4. The lowest BCUT2D eigenvalue weighted by Crippen LogP contribution is -2.54. The second-order valence-electron chi connectivity index (χ2n) is 7.53. The van der Waals surface area contributed by atoms with Gasteiger partial charge >= 0.3 is 0 Å². The van der Waals surface area contributed by atoms with E-state index in [9.17, 15) is 8.42 Å². The number of hydrogen-bond donors (Lipinski definition) is 2. The zero-order chi connectivity index (χ0) is 20.4. The molecule has 2 unspecified atom stereocenters. The molecule has 152 valence electrons. The maximum atomic E-state index is 12.9. The first-order chi connectivity index (χ1) is 13.9. The number of nitrogens with zero attached hydrogens (tertiary/aromatic N) is 1. The molecule has 5 nitrogen and oxygen atoms in total. The first kappa shape index (κ1) is 19.9. The SMILES string of the molecule is CC1CN(c2cccc(NS(=O)(=O)c3ccc(-c4cccs4)cc3)c2)CC(C)N1. The van der Waals surface area contributed by atoms with Crippen molar-refractivity contribution in [2.45, 2.75) is 30.8 Å². The summed E-state index contributed by atoms with van der Waals surface area (Å²) in [5.41, 5.74) is 2.62. The monoisotopic (exact) mass is 427 g/mol. The summed E-state index contributed by atoms with van der Waals surface area (Å²) in [5, 5.41) is 5.52. The maximum Gasteiger partial charge on any atom is 0.261 e. The van der Waals surface area contributed by atoms with Crippen LogP contribution in [-0.4, -0.2) is 33.6 Å². The van der Waals surface area contributed by atoms with E-state index in [0.717, 1.165) is 29.2 Å². The van der Waals surface area contributed by atoms with Gasteiger partial charge in [-0.3, -0.25) is 4.72 Å². The van der Waals surface area contributed by atoms with Crippen LogP contribution in [-0.2, 0) is 10.0 Å². The van der Waals surface area contributed by atoms with Gasteiger partial charge in [0, 0.05) is 35.7 Å². The third-order valence-corrected chi connectivity index (χ3v) is 7.31. The smallest absolute Gasteiger partial charge is 0.261 e. The van der Waals surface area contributed by atoms with E-state index in [1.165, 1.54) is 0 Å². The second kappa shape index (κ2) is 8.18. The van der Waals surface area contributed by atoms with Crippen molar-refractivity contribution in [3.8, 4) is 10.4 Å². The molecule has 7 heteroatoms. The van der Waals surface area contributed by atoms with E-state index in [1.54, 1.807) is 29.5 Å². The van der Waals surface area contributed by atoms with E-state index in [2.05, 4.69) is 28.8 Å². The van der Waals surface area contributed by atoms with Gasteiger partial charge in [0.25, 0.3) is 10.0 Å². The fraction of sp³-hybridized carbons (Fsp3) is 0.273. The molecule has 1 aliphatic heterocycles. The van der Waals surface area contributed by atoms with E-state index >= 15 is 0 Å². The second-order valence-corrected chi connectivity index (χ2v) is 10.2. The van der Waals surface area contributed by atoms with Crippen LogP contribution in [0.15, 0.2) is 70.9 Å². The van der Waals surface area contributed by atoms with Crippen LogP contribution in [0.4, 0.5) is 11.4 Å². The number of piperazine rings is 1. The maximum absolute atomic E-state index is 12.9. The van der Waals surface area contributed by atoms with Gasteiger partial charge in [0.1, 0.15) is 0 Å². The molecule has 1 aromatic heterocycles. The molecule has 29 heavy (non-hydrogen) atoms. The highest BCUT2D eigenvalue weighted by atomic mass is 32.2. The van der Waals surface area contributed by atoms with E-state index in [1.807, 2.05) is 47.8 Å². The summed E-state index contributed by atoms with van der Waals surface area (Å²) in [7, 11) is -3.65. The minimum Gasteiger partial charge on any atom is -0.368 e. The molecule has 4 rings (SSSR count).